The summed E-state index contributed by atoms with van der Waals surface area (Å²) < 4.78 is 27.5. The van der Waals surface area contributed by atoms with Gasteiger partial charge in [0.1, 0.15) is 0 Å². The Labute approximate surface area is 129 Å². The summed E-state index contributed by atoms with van der Waals surface area (Å²) in [6.07, 6.45) is 2.70. The first-order valence-electron chi connectivity index (χ1n) is 6.96. The molecule has 2 N–H and O–H groups in total. The van der Waals surface area contributed by atoms with Crippen molar-refractivity contribution in [2.45, 2.75) is 25.2 Å². The quantitative estimate of drug-likeness (QED) is 0.484. The Balaban J connectivity index is 2.34. The Morgan fingerprint density at radius 3 is 2.68 bits per heavy atom. The lowest BCUT2D eigenvalue weighted by Gasteiger charge is -2.16. The molecule has 0 amide bonds. The van der Waals surface area contributed by atoms with Crippen molar-refractivity contribution in [3.8, 4) is 0 Å². The summed E-state index contributed by atoms with van der Waals surface area (Å²) in [5, 5.41) is 14.3. The van der Waals surface area contributed by atoms with Gasteiger partial charge < -0.3 is 5.32 Å². The van der Waals surface area contributed by atoms with Crippen molar-refractivity contribution < 1.29 is 13.3 Å². The molecule has 0 fully saturated rings. The molecule has 0 atom stereocenters. The number of aryl methyl sites for hydroxylation is 1. The Morgan fingerprint density at radius 2 is 2.09 bits per heavy atom. The van der Waals surface area contributed by atoms with E-state index in [4.69, 9.17) is 0 Å². The Hall–Kier alpha value is -1.77. The van der Waals surface area contributed by atoms with Crippen LogP contribution in [0.25, 0.3) is 0 Å². The maximum absolute atomic E-state index is 12.5. The lowest BCUT2D eigenvalue weighted by atomic mass is 10.1. The molecule has 0 spiro atoms. The second-order valence-electron chi connectivity index (χ2n) is 5.25. The third kappa shape index (κ3) is 3.52. The molecule has 1 heterocycles. The van der Waals surface area contributed by atoms with Crippen LogP contribution in [0.5, 0.6) is 0 Å². The molecule has 1 aromatic rings. The number of nitrogens with one attached hydrogen (secondary N) is 2. The number of sulfonamides is 1. The van der Waals surface area contributed by atoms with E-state index in [1.54, 1.807) is 19.9 Å². The van der Waals surface area contributed by atoms with Gasteiger partial charge in [0.05, 0.1) is 4.92 Å². The molecule has 0 saturated carbocycles. The van der Waals surface area contributed by atoms with Gasteiger partial charge in [0.25, 0.3) is 5.69 Å². The first-order chi connectivity index (χ1) is 10.3. The van der Waals surface area contributed by atoms with Gasteiger partial charge in [-0.3, -0.25) is 10.1 Å². The third-order valence-corrected chi connectivity index (χ3v) is 5.35. The van der Waals surface area contributed by atoms with E-state index in [2.05, 4.69) is 10.0 Å². The first kappa shape index (κ1) is 16.6. The zero-order chi connectivity index (χ0) is 16.3. The van der Waals surface area contributed by atoms with Crippen molar-refractivity contribution in [2.24, 2.45) is 0 Å². The van der Waals surface area contributed by atoms with Crippen LogP contribution in [0.3, 0.4) is 0 Å². The molecule has 1 aliphatic heterocycles. The fourth-order valence-corrected chi connectivity index (χ4v) is 3.85. The summed E-state index contributed by atoms with van der Waals surface area (Å²) >= 11 is 0. The largest absolute Gasteiger partial charge is 0.313 e. The van der Waals surface area contributed by atoms with Crippen molar-refractivity contribution in [3.05, 3.63) is 45.0 Å². The zero-order valence-corrected chi connectivity index (χ0v) is 13.4. The Bertz CT molecular complexity index is 726. The zero-order valence-electron chi connectivity index (χ0n) is 12.5. The molecular weight excluding hydrogens is 306 g/mol. The van der Waals surface area contributed by atoms with Crippen molar-refractivity contribution in [1.82, 2.24) is 10.0 Å². The van der Waals surface area contributed by atoms with Gasteiger partial charge in [-0.1, -0.05) is 17.7 Å². The number of nitro groups is 1. The summed E-state index contributed by atoms with van der Waals surface area (Å²) in [4.78, 5) is 10.2. The Morgan fingerprint density at radius 1 is 1.36 bits per heavy atom. The van der Waals surface area contributed by atoms with E-state index < -0.39 is 20.6 Å². The fourth-order valence-electron chi connectivity index (χ4n) is 2.35. The summed E-state index contributed by atoms with van der Waals surface area (Å²) in [7, 11) is -3.94. The van der Waals surface area contributed by atoms with Crippen molar-refractivity contribution >= 4 is 15.7 Å². The molecule has 1 aromatic carbocycles. The van der Waals surface area contributed by atoms with Gasteiger partial charge in [0.15, 0.2) is 4.90 Å². The van der Waals surface area contributed by atoms with Crippen LogP contribution in [0.2, 0.25) is 0 Å². The van der Waals surface area contributed by atoms with Gasteiger partial charge in [0.2, 0.25) is 10.0 Å². The van der Waals surface area contributed by atoms with Crippen LogP contribution in [-0.4, -0.2) is 33.0 Å². The number of benzene rings is 1. The van der Waals surface area contributed by atoms with Crippen LogP contribution in [0, 0.1) is 24.0 Å². The second-order valence-corrected chi connectivity index (χ2v) is 6.96. The highest BCUT2D eigenvalue weighted by Gasteiger charge is 2.28. The molecule has 1 aliphatic rings. The summed E-state index contributed by atoms with van der Waals surface area (Å²) in [6, 6.07) is 2.79. The standard InChI is InChI=1S/C14H19N3O4S/c1-10-3-4-13(17(18)19)14(11(10)2)22(20,21)16-9-12-5-7-15-8-6-12/h3-5,15-16H,6-9H2,1-2H3. The van der Waals surface area contributed by atoms with E-state index in [0.29, 0.717) is 17.7 Å². The fraction of sp³-hybridized carbons (Fsp3) is 0.429. The molecule has 0 aromatic heterocycles. The lowest BCUT2D eigenvalue weighted by molar-refractivity contribution is -0.387. The number of hydrogen-bond acceptors (Lipinski definition) is 5. The SMILES string of the molecule is Cc1ccc([N+](=O)[O-])c(S(=O)(=O)NCC2=CCNCC2)c1C. The molecule has 22 heavy (non-hydrogen) atoms. The second kappa shape index (κ2) is 6.55. The number of nitrogens with zero attached hydrogens (tertiary/aromatic N) is 1. The van der Waals surface area contributed by atoms with Gasteiger partial charge in [-0.2, -0.15) is 0 Å². The van der Waals surface area contributed by atoms with Crippen LogP contribution >= 0.6 is 0 Å². The van der Waals surface area contributed by atoms with Crippen molar-refractivity contribution in [2.75, 3.05) is 19.6 Å². The third-order valence-electron chi connectivity index (χ3n) is 3.77. The average Bonchev–Trinajstić information content (AvgIpc) is 2.48. The normalized spacial score (nSPS) is 15.5. The van der Waals surface area contributed by atoms with Crippen molar-refractivity contribution in [1.29, 1.82) is 0 Å². The van der Waals surface area contributed by atoms with E-state index in [1.165, 1.54) is 6.07 Å². The van der Waals surface area contributed by atoms with Gasteiger partial charge in [-0.05, 0) is 37.9 Å². The first-order valence-corrected chi connectivity index (χ1v) is 8.44. The van der Waals surface area contributed by atoms with Crippen molar-refractivity contribution in [3.63, 3.8) is 0 Å². The molecule has 0 aliphatic carbocycles. The minimum atomic E-state index is -3.94. The summed E-state index contributed by atoms with van der Waals surface area (Å²) in [5.41, 5.74) is 1.69. The lowest BCUT2D eigenvalue weighted by Crippen LogP contribution is -2.30. The van der Waals surface area contributed by atoms with E-state index in [0.717, 1.165) is 18.5 Å². The number of hydrogen-bond donors (Lipinski definition) is 2. The van der Waals surface area contributed by atoms with Crippen LogP contribution < -0.4 is 10.0 Å². The Kier molecular flexibility index (Phi) is 4.94. The molecule has 0 radical (unpaired) electrons. The van der Waals surface area contributed by atoms with Crippen LogP contribution in [-0.2, 0) is 10.0 Å². The van der Waals surface area contributed by atoms with Gasteiger partial charge in [-0.15, -0.1) is 0 Å². The molecule has 0 bridgehead atoms. The molecule has 0 unspecified atom stereocenters. The van der Waals surface area contributed by atoms with E-state index in [1.807, 2.05) is 6.08 Å². The maximum Gasteiger partial charge on any atom is 0.289 e. The number of nitro benzene ring substituents is 1. The highest BCUT2D eigenvalue weighted by molar-refractivity contribution is 7.89. The minimum Gasteiger partial charge on any atom is -0.313 e. The molecule has 7 nitrogen and oxygen atoms in total. The summed E-state index contributed by atoms with van der Waals surface area (Å²) in [5.74, 6) is 0. The van der Waals surface area contributed by atoms with E-state index in [-0.39, 0.29) is 11.4 Å². The van der Waals surface area contributed by atoms with E-state index >= 15 is 0 Å². The van der Waals surface area contributed by atoms with Gasteiger partial charge >= 0.3 is 0 Å². The molecule has 2 rings (SSSR count). The average molecular weight is 325 g/mol. The summed E-state index contributed by atoms with van der Waals surface area (Å²) in [6.45, 7) is 5.00. The molecular formula is C14H19N3O4S. The predicted molar refractivity (Wildman–Crippen MR) is 83.3 cm³/mol. The van der Waals surface area contributed by atoms with E-state index in [9.17, 15) is 18.5 Å². The van der Waals surface area contributed by atoms with Crippen LogP contribution in [0.1, 0.15) is 17.5 Å². The highest BCUT2D eigenvalue weighted by atomic mass is 32.2. The van der Waals surface area contributed by atoms with Gasteiger partial charge in [0, 0.05) is 19.2 Å². The number of rotatable bonds is 5. The maximum atomic E-state index is 12.5. The smallest absolute Gasteiger partial charge is 0.289 e. The predicted octanol–water partition coefficient (Wildman–Crippen LogP) is 1.41. The molecule has 120 valence electrons. The van der Waals surface area contributed by atoms with Crippen LogP contribution in [0.15, 0.2) is 28.7 Å². The molecule has 8 heteroatoms. The monoisotopic (exact) mass is 325 g/mol. The van der Waals surface area contributed by atoms with Crippen LogP contribution in [0.4, 0.5) is 5.69 Å². The highest BCUT2D eigenvalue weighted by Crippen LogP contribution is 2.29. The minimum absolute atomic E-state index is 0.175. The van der Waals surface area contributed by atoms with Gasteiger partial charge in [-0.25, -0.2) is 13.1 Å². The topological polar surface area (TPSA) is 101 Å². The molecule has 0 saturated heterocycles.